The van der Waals surface area contributed by atoms with Crippen LogP contribution >= 0.6 is 23.1 Å². The number of thiophene rings is 1. The Kier molecular flexibility index (Phi) is 5.18. The summed E-state index contributed by atoms with van der Waals surface area (Å²) in [7, 11) is 1.64. The van der Waals surface area contributed by atoms with Gasteiger partial charge in [0.25, 0.3) is 0 Å². The summed E-state index contributed by atoms with van der Waals surface area (Å²) in [6.45, 7) is 3.41. The minimum absolute atomic E-state index is 0.138. The molecular formula is C19H20N4O2S2. The molecule has 140 valence electrons. The van der Waals surface area contributed by atoms with Crippen LogP contribution in [0.1, 0.15) is 16.3 Å². The maximum atomic E-state index is 12.7. The molecule has 0 fully saturated rings. The fourth-order valence-electron chi connectivity index (χ4n) is 3.14. The molecule has 1 aliphatic rings. The van der Waals surface area contributed by atoms with Crippen molar-refractivity contribution in [3.05, 3.63) is 52.0 Å². The summed E-state index contributed by atoms with van der Waals surface area (Å²) in [6.07, 6.45) is 0.949. The zero-order valence-electron chi connectivity index (χ0n) is 15.2. The SMILES string of the molecule is COc1ccc(-n2c(C)nnc2SCC(=O)N2CCc3sccc3C2)cc1. The number of nitrogens with zero attached hydrogens (tertiary/aromatic N) is 4. The number of thioether (sulfide) groups is 1. The lowest BCUT2D eigenvalue weighted by Gasteiger charge is -2.26. The first-order chi connectivity index (χ1) is 13.2. The van der Waals surface area contributed by atoms with Crippen molar-refractivity contribution in [3.63, 3.8) is 0 Å². The quantitative estimate of drug-likeness (QED) is 0.615. The molecule has 3 aromatic rings. The molecule has 0 spiro atoms. The molecule has 0 bridgehead atoms. The summed E-state index contributed by atoms with van der Waals surface area (Å²) in [5.74, 6) is 2.08. The van der Waals surface area contributed by atoms with E-state index < -0.39 is 0 Å². The zero-order valence-corrected chi connectivity index (χ0v) is 16.8. The second-order valence-corrected chi connectivity index (χ2v) is 8.23. The van der Waals surface area contributed by atoms with Gasteiger partial charge in [-0.1, -0.05) is 11.8 Å². The number of aromatic nitrogens is 3. The van der Waals surface area contributed by atoms with E-state index in [1.165, 1.54) is 22.2 Å². The fourth-order valence-corrected chi connectivity index (χ4v) is 4.93. The van der Waals surface area contributed by atoms with Gasteiger partial charge in [0.1, 0.15) is 11.6 Å². The smallest absolute Gasteiger partial charge is 0.233 e. The number of hydrogen-bond acceptors (Lipinski definition) is 6. The summed E-state index contributed by atoms with van der Waals surface area (Å²) < 4.78 is 7.18. The van der Waals surface area contributed by atoms with E-state index in [2.05, 4.69) is 21.6 Å². The first-order valence-corrected chi connectivity index (χ1v) is 10.5. The number of aryl methyl sites for hydroxylation is 1. The van der Waals surface area contributed by atoms with Gasteiger partial charge in [-0.25, -0.2) is 0 Å². The highest BCUT2D eigenvalue weighted by atomic mass is 32.2. The number of carbonyl (C=O) groups is 1. The van der Waals surface area contributed by atoms with Crippen molar-refractivity contribution in [2.75, 3.05) is 19.4 Å². The molecule has 2 aromatic heterocycles. The minimum atomic E-state index is 0.138. The lowest BCUT2D eigenvalue weighted by Crippen LogP contribution is -2.36. The fraction of sp³-hybridized carbons (Fsp3) is 0.316. The van der Waals surface area contributed by atoms with Gasteiger partial charge in [-0.05, 0) is 54.6 Å². The first-order valence-electron chi connectivity index (χ1n) is 8.68. The van der Waals surface area contributed by atoms with Crippen LogP contribution in [0.3, 0.4) is 0 Å². The van der Waals surface area contributed by atoms with Crippen molar-refractivity contribution in [2.24, 2.45) is 0 Å². The summed E-state index contributed by atoms with van der Waals surface area (Å²) in [6, 6.07) is 9.85. The van der Waals surface area contributed by atoms with E-state index in [0.29, 0.717) is 12.3 Å². The van der Waals surface area contributed by atoms with E-state index in [1.54, 1.807) is 18.4 Å². The Hall–Kier alpha value is -2.32. The summed E-state index contributed by atoms with van der Waals surface area (Å²) >= 11 is 3.21. The number of amides is 1. The van der Waals surface area contributed by atoms with E-state index in [-0.39, 0.29) is 5.91 Å². The molecule has 0 radical (unpaired) electrons. The average Bonchev–Trinajstić information content (AvgIpc) is 3.31. The molecule has 27 heavy (non-hydrogen) atoms. The van der Waals surface area contributed by atoms with Crippen LogP contribution in [-0.2, 0) is 17.8 Å². The molecule has 0 unspecified atom stereocenters. The molecular weight excluding hydrogens is 380 g/mol. The lowest BCUT2D eigenvalue weighted by atomic mass is 10.1. The van der Waals surface area contributed by atoms with Crippen molar-refractivity contribution < 1.29 is 9.53 Å². The Morgan fingerprint density at radius 3 is 2.85 bits per heavy atom. The summed E-state index contributed by atoms with van der Waals surface area (Å²) in [4.78, 5) is 16.0. The molecule has 0 aliphatic carbocycles. The Balaban J connectivity index is 1.45. The third-order valence-electron chi connectivity index (χ3n) is 4.61. The molecule has 0 saturated heterocycles. The van der Waals surface area contributed by atoms with Crippen molar-refractivity contribution in [1.29, 1.82) is 0 Å². The van der Waals surface area contributed by atoms with Crippen LogP contribution in [0.15, 0.2) is 40.9 Å². The molecule has 1 amide bonds. The number of methoxy groups -OCH3 is 1. The molecule has 8 heteroatoms. The van der Waals surface area contributed by atoms with Crippen molar-refractivity contribution in [3.8, 4) is 11.4 Å². The normalized spacial score (nSPS) is 13.5. The van der Waals surface area contributed by atoms with Gasteiger partial charge in [-0.2, -0.15) is 0 Å². The topological polar surface area (TPSA) is 60.2 Å². The second kappa shape index (κ2) is 7.74. The van der Waals surface area contributed by atoms with Gasteiger partial charge in [0.05, 0.1) is 12.9 Å². The van der Waals surface area contributed by atoms with Gasteiger partial charge < -0.3 is 9.64 Å². The molecule has 0 saturated carbocycles. The number of fused-ring (bicyclic) bond motifs is 1. The number of carbonyl (C=O) groups excluding carboxylic acids is 1. The highest BCUT2D eigenvalue weighted by molar-refractivity contribution is 7.99. The van der Waals surface area contributed by atoms with E-state index in [9.17, 15) is 4.79 Å². The average molecular weight is 401 g/mol. The van der Waals surface area contributed by atoms with Crippen LogP contribution in [-0.4, -0.2) is 45.0 Å². The molecule has 0 N–H and O–H groups in total. The van der Waals surface area contributed by atoms with Crippen LogP contribution in [0.2, 0.25) is 0 Å². The van der Waals surface area contributed by atoms with E-state index >= 15 is 0 Å². The maximum absolute atomic E-state index is 12.7. The van der Waals surface area contributed by atoms with Crippen LogP contribution in [0.4, 0.5) is 0 Å². The van der Waals surface area contributed by atoms with Crippen LogP contribution in [0.25, 0.3) is 5.69 Å². The van der Waals surface area contributed by atoms with Gasteiger partial charge in [0.2, 0.25) is 5.91 Å². The van der Waals surface area contributed by atoms with Gasteiger partial charge in [0.15, 0.2) is 5.16 Å². The first kappa shape index (κ1) is 18.1. The predicted molar refractivity (Wildman–Crippen MR) is 107 cm³/mol. The summed E-state index contributed by atoms with van der Waals surface area (Å²) in [5.41, 5.74) is 2.23. The highest BCUT2D eigenvalue weighted by Crippen LogP contribution is 2.26. The highest BCUT2D eigenvalue weighted by Gasteiger charge is 2.22. The Morgan fingerprint density at radius 2 is 2.07 bits per heavy atom. The van der Waals surface area contributed by atoms with Gasteiger partial charge in [0, 0.05) is 23.7 Å². The van der Waals surface area contributed by atoms with Crippen molar-refractivity contribution >= 4 is 29.0 Å². The van der Waals surface area contributed by atoms with Gasteiger partial charge in [-0.3, -0.25) is 9.36 Å². The Morgan fingerprint density at radius 1 is 1.26 bits per heavy atom. The number of ether oxygens (including phenoxy) is 1. The van der Waals surface area contributed by atoms with E-state index in [4.69, 9.17) is 4.74 Å². The van der Waals surface area contributed by atoms with E-state index in [1.807, 2.05) is 40.7 Å². The molecule has 4 rings (SSSR count). The predicted octanol–water partition coefficient (Wildman–Crippen LogP) is 3.32. The molecule has 1 aromatic carbocycles. The lowest BCUT2D eigenvalue weighted by molar-refractivity contribution is -0.129. The monoisotopic (exact) mass is 400 g/mol. The van der Waals surface area contributed by atoms with Crippen LogP contribution in [0.5, 0.6) is 5.75 Å². The van der Waals surface area contributed by atoms with Gasteiger partial charge >= 0.3 is 0 Å². The van der Waals surface area contributed by atoms with E-state index in [0.717, 1.165) is 35.4 Å². The maximum Gasteiger partial charge on any atom is 0.233 e. The molecule has 6 nitrogen and oxygen atoms in total. The van der Waals surface area contributed by atoms with Gasteiger partial charge in [-0.15, -0.1) is 21.5 Å². The standard InChI is InChI=1S/C19H20N4O2S2/c1-13-20-21-19(23(13)15-3-5-16(25-2)6-4-15)27-12-18(24)22-9-7-17-14(11-22)8-10-26-17/h3-6,8,10H,7,9,11-12H2,1-2H3. The Bertz CT molecular complexity index is 949. The molecule has 0 atom stereocenters. The van der Waals surface area contributed by atoms with Crippen LogP contribution < -0.4 is 4.74 Å². The third-order valence-corrected chi connectivity index (χ3v) is 6.55. The number of benzene rings is 1. The summed E-state index contributed by atoms with van der Waals surface area (Å²) in [5, 5.41) is 11.3. The second-order valence-electron chi connectivity index (χ2n) is 6.29. The zero-order chi connectivity index (χ0) is 18.8. The molecule has 3 heterocycles. The largest absolute Gasteiger partial charge is 0.497 e. The third kappa shape index (κ3) is 3.72. The molecule has 1 aliphatic heterocycles. The van der Waals surface area contributed by atoms with Crippen molar-refractivity contribution in [1.82, 2.24) is 19.7 Å². The van der Waals surface area contributed by atoms with Crippen molar-refractivity contribution in [2.45, 2.75) is 25.0 Å². The number of rotatable bonds is 5. The van der Waals surface area contributed by atoms with Crippen LogP contribution in [0, 0.1) is 6.92 Å². The Labute approximate surface area is 166 Å². The number of hydrogen-bond donors (Lipinski definition) is 0. The minimum Gasteiger partial charge on any atom is -0.497 e.